The minimum absolute atomic E-state index is 0.232. The maximum Gasteiger partial charge on any atom is 0.335 e. The fourth-order valence-electron chi connectivity index (χ4n) is 2.03. The van der Waals surface area contributed by atoms with Crippen LogP contribution in [0.15, 0.2) is 41.6 Å². The Hall–Kier alpha value is -2.29. The van der Waals surface area contributed by atoms with Crippen molar-refractivity contribution in [3.8, 4) is 11.5 Å². The molecule has 2 aromatic rings. The fourth-order valence-corrected chi connectivity index (χ4v) is 2.81. The molecular weight excluding hydrogens is 425 g/mol. The highest BCUT2D eigenvalue weighted by atomic mass is 127. The monoisotopic (exact) mass is 441 g/mol. The predicted molar refractivity (Wildman–Crippen MR) is 97.4 cm³/mol. The minimum atomic E-state index is -0.961. The smallest absolute Gasteiger partial charge is 0.335 e. The van der Waals surface area contributed by atoms with E-state index in [9.17, 15) is 4.79 Å². The van der Waals surface area contributed by atoms with Crippen LogP contribution in [0.25, 0.3) is 0 Å². The Morgan fingerprint density at radius 1 is 1.25 bits per heavy atom. The molecular formula is C17H16INO5. The van der Waals surface area contributed by atoms with E-state index in [1.807, 2.05) is 13.0 Å². The van der Waals surface area contributed by atoms with E-state index in [-0.39, 0.29) is 12.2 Å². The standard InChI is InChI=1S/C17H16INO5/c1-2-23-15-8-12(9-19-22)7-14(18)16(15)24-10-11-3-5-13(6-4-11)17(20)21/h3-9,22H,2,10H2,1H3,(H,20,21)/b19-9-. The van der Waals surface area contributed by atoms with Gasteiger partial charge in [-0.25, -0.2) is 4.79 Å². The Bertz CT molecular complexity index is 743. The van der Waals surface area contributed by atoms with E-state index in [2.05, 4.69) is 27.7 Å². The van der Waals surface area contributed by atoms with Crippen LogP contribution in [0, 0.1) is 3.57 Å². The van der Waals surface area contributed by atoms with Gasteiger partial charge < -0.3 is 19.8 Å². The second kappa shape index (κ2) is 8.53. The van der Waals surface area contributed by atoms with Crippen molar-refractivity contribution in [2.24, 2.45) is 5.16 Å². The van der Waals surface area contributed by atoms with Crippen molar-refractivity contribution in [3.05, 3.63) is 56.7 Å². The van der Waals surface area contributed by atoms with Crippen molar-refractivity contribution in [3.63, 3.8) is 0 Å². The van der Waals surface area contributed by atoms with E-state index in [1.165, 1.54) is 18.3 Å². The van der Waals surface area contributed by atoms with Crippen LogP contribution in [-0.4, -0.2) is 29.1 Å². The van der Waals surface area contributed by atoms with E-state index >= 15 is 0 Å². The van der Waals surface area contributed by atoms with Gasteiger partial charge >= 0.3 is 5.97 Å². The van der Waals surface area contributed by atoms with Gasteiger partial charge in [-0.15, -0.1) is 0 Å². The lowest BCUT2D eigenvalue weighted by Crippen LogP contribution is -2.03. The second-order valence-corrected chi connectivity index (χ2v) is 5.96. The molecule has 0 bridgehead atoms. The Morgan fingerprint density at radius 2 is 1.96 bits per heavy atom. The Labute approximate surface area is 152 Å². The molecule has 0 heterocycles. The minimum Gasteiger partial charge on any atom is -0.490 e. The van der Waals surface area contributed by atoms with Crippen molar-refractivity contribution in [1.82, 2.24) is 0 Å². The molecule has 7 heteroatoms. The number of hydrogen-bond acceptors (Lipinski definition) is 5. The van der Waals surface area contributed by atoms with Crippen molar-refractivity contribution >= 4 is 34.8 Å². The molecule has 24 heavy (non-hydrogen) atoms. The van der Waals surface area contributed by atoms with Crippen LogP contribution < -0.4 is 9.47 Å². The molecule has 0 amide bonds. The zero-order valence-electron chi connectivity index (χ0n) is 12.9. The van der Waals surface area contributed by atoms with Crippen LogP contribution in [0.1, 0.15) is 28.4 Å². The van der Waals surface area contributed by atoms with Crippen LogP contribution in [0.3, 0.4) is 0 Å². The van der Waals surface area contributed by atoms with E-state index in [4.69, 9.17) is 19.8 Å². The van der Waals surface area contributed by atoms with Gasteiger partial charge in [0.1, 0.15) is 6.61 Å². The summed E-state index contributed by atoms with van der Waals surface area (Å²) in [7, 11) is 0. The first-order valence-corrected chi connectivity index (χ1v) is 8.21. The molecule has 0 saturated carbocycles. The van der Waals surface area contributed by atoms with E-state index < -0.39 is 5.97 Å². The number of rotatable bonds is 7. The average Bonchev–Trinajstić information content (AvgIpc) is 2.55. The predicted octanol–water partition coefficient (Wildman–Crippen LogP) is 3.78. The van der Waals surface area contributed by atoms with Crippen LogP contribution in [-0.2, 0) is 6.61 Å². The molecule has 0 radical (unpaired) electrons. The molecule has 0 fully saturated rings. The quantitative estimate of drug-likeness (QED) is 0.296. The third-order valence-corrected chi connectivity index (χ3v) is 3.92. The fraction of sp³-hybridized carbons (Fsp3) is 0.176. The molecule has 0 aliphatic rings. The summed E-state index contributed by atoms with van der Waals surface area (Å²) in [5, 5.41) is 20.6. The third kappa shape index (κ3) is 4.60. The first kappa shape index (κ1) is 18.1. The van der Waals surface area contributed by atoms with Gasteiger partial charge in [0.2, 0.25) is 0 Å². The Kier molecular flexibility index (Phi) is 6.42. The van der Waals surface area contributed by atoms with Crippen molar-refractivity contribution < 1.29 is 24.6 Å². The van der Waals surface area contributed by atoms with Gasteiger partial charge in [0, 0.05) is 5.56 Å². The first-order valence-electron chi connectivity index (χ1n) is 7.14. The number of aromatic carboxylic acids is 1. The summed E-state index contributed by atoms with van der Waals surface area (Å²) in [6, 6.07) is 10.0. The zero-order valence-corrected chi connectivity index (χ0v) is 15.1. The lowest BCUT2D eigenvalue weighted by molar-refractivity contribution is 0.0697. The maximum atomic E-state index is 10.9. The number of halogens is 1. The van der Waals surface area contributed by atoms with Crippen LogP contribution in [0.4, 0.5) is 0 Å². The summed E-state index contributed by atoms with van der Waals surface area (Å²) >= 11 is 2.12. The second-order valence-electron chi connectivity index (χ2n) is 4.80. The van der Waals surface area contributed by atoms with Crippen LogP contribution >= 0.6 is 22.6 Å². The number of ether oxygens (including phenoxy) is 2. The van der Waals surface area contributed by atoms with E-state index in [1.54, 1.807) is 18.2 Å². The molecule has 0 spiro atoms. The summed E-state index contributed by atoms with van der Waals surface area (Å²) in [5.41, 5.74) is 1.78. The summed E-state index contributed by atoms with van der Waals surface area (Å²) in [6.45, 7) is 2.62. The molecule has 2 aromatic carbocycles. The van der Waals surface area contributed by atoms with Crippen LogP contribution in [0.2, 0.25) is 0 Å². The molecule has 0 aliphatic heterocycles. The number of carboxylic acids is 1. The Balaban J connectivity index is 2.20. The highest BCUT2D eigenvalue weighted by molar-refractivity contribution is 14.1. The van der Waals surface area contributed by atoms with Crippen molar-refractivity contribution in [2.75, 3.05) is 6.61 Å². The van der Waals surface area contributed by atoms with Gasteiger partial charge in [0.15, 0.2) is 11.5 Å². The summed E-state index contributed by atoms with van der Waals surface area (Å²) in [5.74, 6) is 0.188. The summed E-state index contributed by atoms with van der Waals surface area (Å²) in [6.07, 6.45) is 1.32. The first-order chi connectivity index (χ1) is 11.5. The van der Waals surface area contributed by atoms with Gasteiger partial charge in [0.05, 0.1) is 22.0 Å². The summed E-state index contributed by atoms with van der Waals surface area (Å²) < 4.78 is 12.3. The van der Waals surface area contributed by atoms with Gasteiger partial charge in [0.25, 0.3) is 0 Å². The summed E-state index contributed by atoms with van der Waals surface area (Å²) in [4.78, 5) is 10.9. The molecule has 126 valence electrons. The number of oxime groups is 1. The lowest BCUT2D eigenvalue weighted by Gasteiger charge is -2.14. The molecule has 0 atom stereocenters. The molecule has 0 unspecified atom stereocenters. The van der Waals surface area contributed by atoms with Gasteiger partial charge in [-0.05, 0) is 59.3 Å². The van der Waals surface area contributed by atoms with Gasteiger partial charge in [-0.1, -0.05) is 17.3 Å². The Morgan fingerprint density at radius 3 is 2.54 bits per heavy atom. The number of benzene rings is 2. The normalized spacial score (nSPS) is 10.8. The maximum absolute atomic E-state index is 10.9. The molecule has 0 aromatic heterocycles. The average molecular weight is 441 g/mol. The number of nitrogens with zero attached hydrogens (tertiary/aromatic N) is 1. The number of hydrogen-bond donors (Lipinski definition) is 2. The SMILES string of the molecule is CCOc1cc(/C=N\O)cc(I)c1OCc1ccc(C(=O)O)cc1. The van der Waals surface area contributed by atoms with Crippen molar-refractivity contribution in [2.45, 2.75) is 13.5 Å². The number of carboxylic acid groups (broad SMARTS) is 1. The van der Waals surface area contributed by atoms with Gasteiger partial charge in [-0.3, -0.25) is 0 Å². The number of carbonyl (C=O) groups is 1. The van der Waals surface area contributed by atoms with Crippen LogP contribution in [0.5, 0.6) is 11.5 Å². The molecule has 0 aliphatic carbocycles. The van der Waals surface area contributed by atoms with E-state index in [0.29, 0.717) is 23.7 Å². The lowest BCUT2D eigenvalue weighted by atomic mass is 10.1. The molecule has 0 saturated heterocycles. The highest BCUT2D eigenvalue weighted by Crippen LogP contribution is 2.34. The topological polar surface area (TPSA) is 88.4 Å². The highest BCUT2D eigenvalue weighted by Gasteiger charge is 2.12. The molecule has 6 nitrogen and oxygen atoms in total. The third-order valence-electron chi connectivity index (χ3n) is 3.12. The van der Waals surface area contributed by atoms with E-state index in [0.717, 1.165) is 9.13 Å². The largest absolute Gasteiger partial charge is 0.490 e. The van der Waals surface area contributed by atoms with Gasteiger partial charge in [-0.2, -0.15) is 0 Å². The molecule has 2 rings (SSSR count). The molecule has 2 N–H and O–H groups in total. The zero-order chi connectivity index (χ0) is 17.5. The van der Waals surface area contributed by atoms with Crippen molar-refractivity contribution in [1.29, 1.82) is 0 Å².